The van der Waals surface area contributed by atoms with Crippen molar-refractivity contribution >= 4 is 12.4 Å². The average molecular weight is 336 g/mol. The van der Waals surface area contributed by atoms with E-state index in [-0.39, 0.29) is 37.1 Å². The zero-order chi connectivity index (χ0) is 14.9. The molecule has 1 fully saturated rings. The van der Waals surface area contributed by atoms with Crippen LogP contribution >= 0.6 is 12.4 Å². The van der Waals surface area contributed by atoms with Crippen molar-refractivity contribution in [1.29, 1.82) is 0 Å². The summed E-state index contributed by atoms with van der Waals surface area (Å²) in [6.45, 7) is -0.439. The van der Waals surface area contributed by atoms with Crippen LogP contribution in [0.5, 0.6) is 5.75 Å². The fraction of sp³-hybridized carbons (Fsp3) is 0.385. The molecule has 2 aromatic rings. The second-order valence-corrected chi connectivity index (χ2v) is 4.79. The molecule has 0 spiro atoms. The van der Waals surface area contributed by atoms with Gasteiger partial charge in [0.2, 0.25) is 11.7 Å². The lowest BCUT2D eigenvalue weighted by atomic mass is 10.2. The summed E-state index contributed by atoms with van der Waals surface area (Å²) in [6, 6.07) is 4.96. The standard InChI is InChI=1S/C13H12F3N3O2.ClH/c14-8-2-1-3-9(4-8)20-6-11-18-12(21-19-11)10-5-13(15,16)7-17-10;/h1-4,10,17H,5-7H2;1H. The molecule has 0 bridgehead atoms. The minimum atomic E-state index is -2.77. The second kappa shape index (κ2) is 6.53. The predicted molar refractivity (Wildman–Crippen MR) is 72.6 cm³/mol. The number of halogens is 4. The second-order valence-electron chi connectivity index (χ2n) is 4.79. The van der Waals surface area contributed by atoms with Crippen LogP contribution in [0.25, 0.3) is 0 Å². The van der Waals surface area contributed by atoms with Crippen LogP contribution in [0.2, 0.25) is 0 Å². The molecular formula is C13H13ClF3N3O2. The molecule has 5 nitrogen and oxygen atoms in total. The van der Waals surface area contributed by atoms with Gasteiger partial charge in [0.15, 0.2) is 6.61 Å². The summed E-state index contributed by atoms with van der Waals surface area (Å²) in [5.41, 5.74) is 0. The van der Waals surface area contributed by atoms with Crippen LogP contribution in [0.15, 0.2) is 28.8 Å². The molecule has 0 aliphatic carbocycles. The first kappa shape index (κ1) is 16.6. The number of ether oxygens (including phenoxy) is 1. The molecule has 1 saturated heterocycles. The minimum Gasteiger partial charge on any atom is -0.485 e. The molecule has 2 heterocycles. The Bertz CT molecular complexity index is 638. The van der Waals surface area contributed by atoms with Gasteiger partial charge in [-0.25, -0.2) is 13.2 Å². The van der Waals surface area contributed by atoms with Crippen LogP contribution in [-0.4, -0.2) is 22.6 Å². The SMILES string of the molecule is Cl.Fc1cccc(OCc2noc(C3CC(F)(F)CN3)n2)c1. The van der Waals surface area contributed by atoms with E-state index < -0.39 is 24.3 Å². The van der Waals surface area contributed by atoms with Gasteiger partial charge in [0.1, 0.15) is 11.6 Å². The molecular weight excluding hydrogens is 323 g/mol. The van der Waals surface area contributed by atoms with Crippen LogP contribution in [0.3, 0.4) is 0 Å². The van der Waals surface area contributed by atoms with E-state index in [9.17, 15) is 13.2 Å². The van der Waals surface area contributed by atoms with Crippen molar-refractivity contribution in [3.05, 3.63) is 41.8 Å². The third-order valence-corrected chi connectivity index (χ3v) is 3.06. The van der Waals surface area contributed by atoms with Crippen molar-refractivity contribution in [3.63, 3.8) is 0 Å². The number of nitrogens with zero attached hydrogens (tertiary/aromatic N) is 2. The molecule has 9 heteroatoms. The zero-order valence-corrected chi connectivity index (χ0v) is 12.1. The number of aromatic nitrogens is 2. The van der Waals surface area contributed by atoms with Crippen molar-refractivity contribution in [2.75, 3.05) is 6.54 Å². The van der Waals surface area contributed by atoms with Gasteiger partial charge in [-0.1, -0.05) is 11.2 Å². The highest BCUT2D eigenvalue weighted by atomic mass is 35.5. The van der Waals surface area contributed by atoms with Crippen molar-refractivity contribution in [1.82, 2.24) is 15.5 Å². The number of hydrogen-bond acceptors (Lipinski definition) is 5. The highest BCUT2D eigenvalue weighted by Gasteiger charge is 2.42. The van der Waals surface area contributed by atoms with Crippen molar-refractivity contribution < 1.29 is 22.4 Å². The van der Waals surface area contributed by atoms with E-state index in [0.717, 1.165) is 0 Å². The van der Waals surface area contributed by atoms with E-state index in [1.54, 1.807) is 6.07 Å². The predicted octanol–water partition coefficient (Wildman–Crippen LogP) is 2.88. The average Bonchev–Trinajstić information content (AvgIpc) is 3.03. The van der Waals surface area contributed by atoms with Gasteiger partial charge in [-0.05, 0) is 12.1 Å². The number of nitrogens with one attached hydrogen (secondary N) is 1. The zero-order valence-electron chi connectivity index (χ0n) is 11.3. The smallest absolute Gasteiger partial charge is 0.262 e. The van der Waals surface area contributed by atoms with E-state index >= 15 is 0 Å². The maximum atomic E-state index is 13.1. The summed E-state index contributed by atoms with van der Waals surface area (Å²) >= 11 is 0. The van der Waals surface area contributed by atoms with Crippen LogP contribution in [0.1, 0.15) is 24.2 Å². The molecule has 120 valence electrons. The first-order valence-corrected chi connectivity index (χ1v) is 6.34. The molecule has 0 amide bonds. The summed E-state index contributed by atoms with van der Waals surface area (Å²) in [5, 5.41) is 6.28. The Kier molecular flexibility index (Phi) is 4.92. The molecule has 0 radical (unpaired) electrons. The maximum Gasteiger partial charge on any atom is 0.262 e. The van der Waals surface area contributed by atoms with Crippen LogP contribution in [0, 0.1) is 5.82 Å². The van der Waals surface area contributed by atoms with Crippen molar-refractivity contribution in [3.8, 4) is 5.75 Å². The van der Waals surface area contributed by atoms with Crippen LogP contribution in [-0.2, 0) is 6.61 Å². The monoisotopic (exact) mass is 335 g/mol. The van der Waals surface area contributed by atoms with Gasteiger partial charge in [-0.2, -0.15) is 4.98 Å². The molecule has 1 N–H and O–H groups in total. The normalized spacial score (nSPS) is 19.7. The Morgan fingerprint density at radius 2 is 2.23 bits per heavy atom. The molecule has 22 heavy (non-hydrogen) atoms. The summed E-state index contributed by atoms with van der Waals surface area (Å²) in [4.78, 5) is 4.00. The fourth-order valence-electron chi connectivity index (χ4n) is 2.06. The first-order chi connectivity index (χ1) is 10.0. The Balaban J connectivity index is 0.00000176. The Morgan fingerprint density at radius 3 is 2.91 bits per heavy atom. The third-order valence-electron chi connectivity index (χ3n) is 3.06. The summed E-state index contributed by atoms with van der Waals surface area (Å²) in [6.07, 6.45) is -0.376. The van der Waals surface area contributed by atoms with E-state index in [2.05, 4.69) is 15.5 Å². The van der Waals surface area contributed by atoms with Crippen molar-refractivity contribution in [2.24, 2.45) is 0 Å². The summed E-state index contributed by atoms with van der Waals surface area (Å²) in [7, 11) is 0. The highest BCUT2D eigenvalue weighted by Crippen LogP contribution is 2.33. The summed E-state index contributed by atoms with van der Waals surface area (Å²) < 4.78 is 49.4. The lowest BCUT2D eigenvalue weighted by molar-refractivity contribution is 0.0200. The molecule has 1 aromatic carbocycles. The molecule has 1 atom stereocenters. The quantitative estimate of drug-likeness (QED) is 0.931. The maximum absolute atomic E-state index is 13.1. The first-order valence-electron chi connectivity index (χ1n) is 6.34. The minimum absolute atomic E-state index is 0. The Morgan fingerprint density at radius 1 is 1.41 bits per heavy atom. The van der Waals surface area contributed by atoms with Gasteiger partial charge in [0.25, 0.3) is 5.92 Å². The molecule has 3 rings (SSSR count). The van der Waals surface area contributed by atoms with Gasteiger partial charge in [-0.15, -0.1) is 12.4 Å². The molecule has 1 aliphatic heterocycles. The van der Waals surface area contributed by atoms with E-state index in [4.69, 9.17) is 9.26 Å². The Labute approximate surface area is 130 Å². The number of hydrogen-bond donors (Lipinski definition) is 1. The molecule has 1 aliphatic rings. The molecule has 1 aromatic heterocycles. The van der Waals surface area contributed by atoms with Crippen LogP contribution in [0.4, 0.5) is 13.2 Å². The van der Waals surface area contributed by atoms with E-state index in [0.29, 0.717) is 5.75 Å². The summed E-state index contributed by atoms with van der Waals surface area (Å²) in [5.74, 6) is -2.54. The lowest BCUT2D eigenvalue weighted by Gasteiger charge is -2.04. The van der Waals surface area contributed by atoms with Crippen molar-refractivity contribution in [2.45, 2.75) is 25.0 Å². The largest absolute Gasteiger partial charge is 0.485 e. The van der Waals surface area contributed by atoms with Gasteiger partial charge >= 0.3 is 0 Å². The van der Waals surface area contributed by atoms with Gasteiger partial charge < -0.3 is 9.26 Å². The lowest BCUT2D eigenvalue weighted by Crippen LogP contribution is -2.19. The van der Waals surface area contributed by atoms with Gasteiger partial charge in [-0.3, -0.25) is 5.32 Å². The van der Waals surface area contributed by atoms with Crippen LogP contribution < -0.4 is 10.1 Å². The number of alkyl halides is 2. The van der Waals surface area contributed by atoms with E-state index in [1.165, 1.54) is 18.2 Å². The number of benzene rings is 1. The van der Waals surface area contributed by atoms with E-state index in [1.807, 2.05) is 0 Å². The molecule has 1 unspecified atom stereocenters. The van der Waals surface area contributed by atoms with Gasteiger partial charge in [0.05, 0.1) is 12.6 Å². The Hall–Kier alpha value is -1.80. The number of rotatable bonds is 4. The van der Waals surface area contributed by atoms with Gasteiger partial charge in [0, 0.05) is 12.5 Å². The highest BCUT2D eigenvalue weighted by molar-refractivity contribution is 5.85. The third kappa shape index (κ3) is 3.89. The topological polar surface area (TPSA) is 60.2 Å². The fourth-order valence-corrected chi connectivity index (χ4v) is 2.06. The molecule has 0 saturated carbocycles.